The van der Waals surface area contributed by atoms with Crippen LogP contribution in [0.2, 0.25) is 0 Å². The van der Waals surface area contributed by atoms with E-state index in [9.17, 15) is 0 Å². The largest absolute Gasteiger partial charge is 0.382 e. The van der Waals surface area contributed by atoms with Gasteiger partial charge in [-0.1, -0.05) is 42.5 Å². The number of para-hydroxylation sites is 1. The second-order valence-corrected chi connectivity index (χ2v) is 6.52. The van der Waals surface area contributed by atoms with E-state index >= 15 is 0 Å². The first-order chi connectivity index (χ1) is 10.8. The molecule has 0 aromatic heterocycles. The highest BCUT2D eigenvalue weighted by Crippen LogP contribution is 2.33. The van der Waals surface area contributed by atoms with Gasteiger partial charge in [-0.25, -0.2) is 0 Å². The van der Waals surface area contributed by atoms with Crippen molar-refractivity contribution in [3.05, 3.63) is 64.7 Å². The Morgan fingerprint density at radius 1 is 1.09 bits per heavy atom. The third-order valence-corrected chi connectivity index (χ3v) is 4.83. The van der Waals surface area contributed by atoms with Gasteiger partial charge < -0.3 is 5.32 Å². The zero-order valence-electron chi connectivity index (χ0n) is 13.0. The lowest BCUT2D eigenvalue weighted by atomic mass is 9.88. The minimum Gasteiger partial charge on any atom is -0.382 e. The minimum atomic E-state index is 0.319. The molecule has 2 heteroatoms. The van der Waals surface area contributed by atoms with Crippen LogP contribution >= 0.6 is 0 Å². The van der Waals surface area contributed by atoms with Crippen molar-refractivity contribution >= 4 is 11.9 Å². The zero-order chi connectivity index (χ0) is 14.9. The molecule has 2 aliphatic rings. The molecule has 112 valence electrons. The monoisotopic (exact) mass is 290 g/mol. The molecule has 0 fully saturated rings. The quantitative estimate of drug-likeness (QED) is 0.807. The smallest absolute Gasteiger partial charge is 0.0752 e. The molecular weight excluding hydrogens is 268 g/mol. The maximum atomic E-state index is 4.93. The molecule has 2 aromatic rings. The second kappa shape index (κ2) is 5.60. The molecular formula is C20H22N2. The Morgan fingerprint density at radius 2 is 1.95 bits per heavy atom. The first kappa shape index (κ1) is 13.6. The fourth-order valence-corrected chi connectivity index (χ4v) is 3.75. The lowest BCUT2D eigenvalue weighted by molar-refractivity contribution is 0.574. The van der Waals surface area contributed by atoms with Gasteiger partial charge in [0, 0.05) is 23.5 Å². The first-order valence-corrected chi connectivity index (χ1v) is 8.30. The van der Waals surface area contributed by atoms with Gasteiger partial charge in [0.2, 0.25) is 0 Å². The average Bonchev–Trinajstić information content (AvgIpc) is 2.93. The summed E-state index contributed by atoms with van der Waals surface area (Å²) in [6.45, 7) is 2.23. The van der Waals surface area contributed by atoms with Crippen LogP contribution in [0.15, 0.2) is 47.5 Å². The lowest BCUT2D eigenvalue weighted by Crippen LogP contribution is -2.10. The number of aryl methyl sites for hydroxylation is 1. The van der Waals surface area contributed by atoms with E-state index in [1.54, 1.807) is 0 Å². The Morgan fingerprint density at radius 3 is 2.91 bits per heavy atom. The van der Waals surface area contributed by atoms with E-state index in [2.05, 4.69) is 60.9 Å². The highest BCUT2D eigenvalue weighted by atomic mass is 14.9. The molecule has 0 saturated heterocycles. The number of rotatable bonds is 2. The molecule has 0 amide bonds. The third-order valence-electron chi connectivity index (χ3n) is 4.83. The summed E-state index contributed by atoms with van der Waals surface area (Å²) < 4.78 is 0. The predicted octanol–water partition coefficient (Wildman–Crippen LogP) is 4.54. The summed E-state index contributed by atoms with van der Waals surface area (Å²) >= 11 is 0. The molecule has 22 heavy (non-hydrogen) atoms. The molecule has 1 N–H and O–H groups in total. The number of hydrogen-bond donors (Lipinski definition) is 1. The molecule has 4 rings (SSSR count). The van der Waals surface area contributed by atoms with Crippen LogP contribution in [0.3, 0.4) is 0 Å². The van der Waals surface area contributed by atoms with Crippen LogP contribution < -0.4 is 5.32 Å². The van der Waals surface area contributed by atoms with Crippen molar-refractivity contribution in [3.8, 4) is 0 Å². The van der Waals surface area contributed by atoms with Crippen molar-refractivity contribution in [2.24, 2.45) is 4.99 Å². The minimum absolute atomic E-state index is 0.319. The summed E-state index contributed by atoms with van der Waals surface area (Å²) in [7, 11) is 0. The molecule has 1 aliphatic carbocycles. The summed E-state index contributed by atoms with van der Waals surface area (Å²) in [4.78, 5) is 4.93. The fourth-order valence-electron chi connectivity index (χ4n) is 3.75. The topological polar surface area (TPSA) is 24.4 Å². The number of benzene rings is 2. The summed E-state index contributed by atoms with van der Waals surface area (Å²) in [6.07, 6.45) is 6.79. The van der Waals surface area contributed by atoms with E-state index in [4.69, 9.17) is 4.99 Å². The van der Waals surface area contributed by atoms with E-state index in [1.807, 2.05) is 0 Å². The number of anilines is 1. The van der Waals surface area contributed by atoms with Gasteiger partial charge >= 0.3 is 0 Å². The third kappa shape index (κ3) is 2.43. The number of nitrogens with one attached hydrogen (secondary N) is 1. The molecule has 1 aliphatic heterocycles. The van der Waals surface area contributed by atoms with Crippen molar-refractivity contribution < 1.29 is 0 Å². The summed E-state index contributed by atoms with van der Waals surface area (Å²) in [5, 5.41) is 3.58. The Balaban J connectivity index is 1.63. The van der Waals surface area contributed by atoms with Crippen molar-refractivity contribution in [1.82, 2.24) is 0 Å². The van der Waals surface area contributed by atoms with E-state index < -0.39 is 0 Å². The molecule has 0 spiro atoms. The SMILES string of the molecule is CC1Cc2cccc(C=NC3CCCc4ccccc43)c2N1. The van der Waals surface area contributed by atoms with E-state index in [0.29, 0.717) is 12.1 Å². The second-order valence-electron chi connectivity index (χ2n) is 6.52. The fraction of sp³-hybridized carbons (Fsp3) is 0.350. The van der Waals surface area contributed by atoms with Crippen LogP contribution in [0.5, 0.6) is 0 Å². The Kier molecular flexibility index (Phi) is 3.45. The molecule has 0 saturated carbocycles. The highest BCUT2D eigenvalue weighted by molar-refractivity contribution is 5.90. The van der Waals surface area contributed by atoms with Crippen LogP contribution in [-0.4, -0.2) is 12.3 Å². The summed E-state index contributed by atoms with van der Waals surface area (Å²) in [6, 6.07) is 16.2. The van der Waals surface area contributed by atoms with Gasteiger partial charge in [-0.3, -0.25) is 4.99 Å². The van der Waals surface area contributed by atoms with Crippen LogP contribution in [0, 0.1) is 0 Å². The summed E-state index contributed by atoms with van der Waals surface area (Å²) in [5.74, 6) is 0. The molecule has 2 unspecified atom stereocenters. The van der Waals surface area contributed by atoms with E-state index in [-0.39, 0.29) is 0 Å². The van der Waals surface area contributed by atoms with Gasteiger partial charge in [0.05, 0.1) is 6.04 Å². The molecule has 2 aromatic carbocycles. The van der Waals surface area contributed by atoms with Crippen molar-refractivity contribution in [3.63, 3.8) is 0 Å². The lowest BCUT2D eigenvalue weighted by Gasteiger charge is -2.22. The number of aliphatic imine (C=N–C) groups is 1. The van der Waals surface area contributed by atoms with Gasteiger partial charge in [0.25, 0.3) is 0 Å². The number of hydrogen-bond acceptors (Lipinski definition) is 2. The van der Waals surface area contributed by atoms with Gasteiger partial charge in [-0.2, -0.15) is 0 Å². The van der Waals surface area contributed by atoms with Crippen LogP contribution in [0.25, 0.3) is 0 Å². The van der Waals surface area contributed by atoms with Gasteiger partial charge in [-0.05, 0) is 49.3 Å². The summed E-state index contributed by atoms with van der Waals surface area (Å²) in [5.41, 5.74) is 6.81. The maximum absolute atomic E-state index is 4.93. The maximum Gasteiger partial charge on any atom is 0.0752 e. The molecule has 2 atom stereocenters. The molecule has 2 nitrogen and oxygen atoms in total. The molecule has 0 radical (unpaired) electrons. The molecule has 1 heterocycles. The molecule has 0 bridgehead atoms. The normalized spacial score (nSPS) is 23.1. The number of nitrogens with zero attached hydrogens (tertiary/aromatic N) is 1. The average molecular weight is 290 g/mol. The van der Waals surface area contributed by atoms with E-state index in [1.165, 1.54) is 40.8 Å². The van der Waals surface area contributed by atoms with Crippen molar-refractivity contribution in [2.75, 3.05) is 5.32 Å². The van der Waals surface area contributed by atoms with E-state index in [0.717, 1.165) is 12.8 Å². The van der Waals surface area contributed by atoms with Crippen molar-refractivity contribution in [1.29, 1.82) is 0 Å². The number of fused-ring (bicyclic) bond motifs is 2. The van der Waals surface area contributed by atoms with Gasteiger partial charge in [0.1, 0.15) is 0 Å². The Hall–Kier alpha value is -2.09. The first-order valence-electron chi connectivity index (χ1n) is 8.30. The predicted molar refractivity (Wildman–Crippen MR) is 92.9 cm³/mol. The van der Waals surface area contributed by atoms with Gasteiger partial charge in [0.15, 0.2) is 0 Å². The highest BCUT2D eigenvalue weighted by Gasteiger charge is 2.20. The standard InChI is InChI=1S/C20H22N2/c1-14-12-16-8-4-9-17(20(16)22-14)13-21-19-11-5-7-15-6-2-3-10-18(15)19/h2-4,6,8-10,13-14,19,22H,5,7,11-12H2,1H3. The van der Waals surface area contributed by atoms with Gasteiger partial charge in [-0.15, -0.1) is 0 Å². The zero-order valence-corrected chi connectivity index (χ0v) is 13.0. The van der Waals surface area contributed by atoms with Crippen LogP contribution in [0.1, 0.15) is 48.1 Å². The Labute approximate surface area is 132 Å². The van der Waals surface area contributed by atoms with Crippen LogP contribution in [-0.2, 0) is 12.8 Å². The van der Waals surface area contributed by atoms with Crippen molar-refractivity contribution in [2.45, 2.75) is 44.7 Å². The van der Waals surface area contributed by atoms with Crippen LogP contribution in [0.4, 0.5) is 5.69 Å². The Bertz CT molecular complexity index is 717.